The first-order valence-electron chi connectivity index (χ1n) is 8.18. The van der Waals surface area contributed by atoms with Crippen LogP contribution in [0, 0.1) is 5.82 Å². The first kappa shape index (κ1) is 19.4. The number of alkyl halides is 3. The number of carbonyl (C=O) groups is 2. The highest BCUT2D eigenvalue weighted by atomic mass is 19.4. The second kappa shape index (κ2) is 7.34. The molecule has 3 amide bonds. The molecule has 0 aromatic heterocycles. The maximum atomic E-state index is 13.6. The van der Waals surface area contributed by atoms with Gasteiger partial charge in [0.15, 0.2) is 0 Å². The molecule has 3 N–H and O–H groups in total. The molecule has 146 valence electrons. The number of anilines is 1. The highest BCUT2D eigenvalue weighted by Crippen LogP contribution is 2.35. The van der Waals surface area contributed by atoms with Gasteiger partial charge in [-0.25, -0.2) is 9.18 Å². The fourth-order valence-corrected chi connectivity index (χ4v) is 2.96. The zero-order valence-electron chi connectivity index (χ0n) is 14.5. The lowest BCUT2D eigenvalue weighted by Gasteiger charge is -2.29. The third kappa shape index (κ3) is 3.98. The SMILES string of the molecule is CC1=C(C(=O)Nc2ccccc2C(F)(F)F)[C@@H](c2cccc(F)c2)NC(=O)N1. The van der Waals surface area contributed by atoms with Crippen molar-refractivity contribution >= 4 is 17.6 Å². The lowest BCUT2D eigenvalue weighted by atomic mass is 9.94. The molecular formula is C19H15F4N3O2. The van der Waals surface area contributed by atoms with Gasteiger partial charge in [0.25, 0.3) is 5.91 Å². The highest BCUT2D eigenvalue weighted by molar-refractivity contribution is 6.07. The molecule has 0 spiro atoms. The molecule has 0 bridgehead atoms. The van der Waals surface area contributed by atoms with Crippen LogP contribution in [0.4, 0.5) is 28.0 Å². The van der Waals surface area contributed by atoms with Gasteiger partial charge in [0.2, 0.25) is 0 Å². The summed E-state index contributed by atoms with van der Waals surface area (Å²) in [6.45, 7) is 1.44. The van der Waals surface area contributed by atoms with Gasteiger partial charge in [0.1, 0.15) is 5.82 Å². The first-order valence-corrected chi connectivity index (χ1v) is 8.18. The van der Waals surface area contributed by atoms with Crippen LogP contribution in [0.5, 0.6) is 0 Å². The molecule has 0 unspecified atom stereocenters. The molecule has 1 aliphatic heterocycles. The Morgan fingerprint density at radius 3 is 2.50 bits per heavy atom. The molecule has 0 radical (unpaired) electrons. The lowest BCUT2D eigenvalue weighted by molar-refractivity contribution is -0.137. The highest BCUT2D eigenvalue weighted by Gasteiger charge is 2.35. The van der Waals surface area contributed by atoms with Crippen molar-refractivity contribution in [2.45, 2.75) is 19.1 Å². The minimum Gasteiger partial charge on any atom is -0.327 e. The normalized spacial score (nSPS) is 17.0. The van der Waals surface area contributed by atoms with Crippen LogP contribution in [-0.4, -0.2) is 11.9 Å². The number of rotatable bonds is 3. The molecule has 0 aliphatic carbocycles. The predicted molar refractivity (Wildman–Crippen MR) is 93.6 cm³/mol. The molecule has 0 saturated carbocycles. The van der Waals surface area contributed by atoms with Crippen LogP contribution in [0.15, 0.2) is 59.8 Å². The van der Waals surface area contributed by atoms with E-state index in [0.717, 1.165) is 18.2 Å². The third-order valence-electron chi connectivity index (χ3n) is 4.18. The molecular weight excluding hydrogens is 378 g/mol. The van der Waals surface area contributed by atoms with Gasteiger partial charge < -0.3 is 16.0 Å². The number of amides is 3. The summed E-state index contributed by atoms with van der Waals surface area (Å²) in [4.78, 5) is 24.6. The average Bonchev–Trinajstić information content (AvgIpc) is 2.60. The van der Waals surface area contributed by atoms with Gasteiger partial charge in [-0.1, -0.05) is 24.3 Å². The van der Waals surface area contributed by atoms with Crippen molar-refractivity contribution in [2.24, 2.45) is 0 Å². The van der Waals surface area contributed by atoms with E-state index in [1.165, 1.54) is 37.3 Å². The Morgan fingerprint density at radius 2 is 1.82 bits per heavy atom. The molecule has 1 heterocycles. The van der Waals surface area contributed by atoms with Gasteiger partial charge in [-0.3, -0.25) is 4.79 Å². The predicted octanol–water partition coefficient (Wildman–Crippen LogP) is 4.11. The Labute approximate surface area is 157 Å². The summed E-state index contributed by atoms with van der Waals surface area (Å²) >= 11 is 0. The van der Waals surface area contributed by atoms with Crippen LogP contribution < -0.4 is 16.0 Å². The van der Waals surface area contributed by atoms with E-state index in [4.69, 9.17) is 0 Å². The van der Waals surface area contributed by atoms with Crippen molar-refractivity contribution in [3.63, 3.8) is 0 Å². The number of urea groups is 1. The quantitative estimate of drug-likeness (QED) is 0.687. The lowest BCUT2D eigenvalue weighted by Crippen LogP contribution is -2.46. The number of benzene rings is 2. The van der Waals surface area contributed by atoms with Crippen molar-refractivity contribution in [3.05, 3.63) is 76.7 Å². The minimum atomic E-state index is -4.66. The summed E-state index contributed by atoms with van der Waals surface area (Å²) in [7, 11) is 0. The maximum absolute atomic E-state index is 13.6. The molecule has 3 rings (SSSR count). The standard InChI is InChI=1S/C19H15F4N3O2/c1-10-15(16(26-18(28)24-10)11-5-4-6-12(20)9-11)17(27)25-14-8-3-2-7-13(14)19(21,22)23/h2-9,16H,1H3,(H,25,27)(H2,24,26,28)/t16-/m1/s1. The number of para-hydroxylation sites is 1. The summed E-state index contributed by atoms with van der Waals surface area (Å²) in [5, 5.41) is 7.15. The smallest absolute Gasteiger partial charge is 0.327 e. The summed E-state index contributed by atoms with van der Waals surface area (Å²) in [5.74, 6) is -1.43. The summed E-state index contributed by atoms with van der Waals surface area (Å²) < 4.78 is 53.1. The van der Waals surface area contributed by atoms with Crippen LogP contribution >= 0.6 is 0 Å². The Hall–Kier alpha value is -3.36. The van der Waals surface area contributed by atoms with Crippen LogP contribution in [0.1, 0.15) is 24.1 Å². The Balaban J connectivity index is 1.99. The fraction of sp³-hybridized carbons (Fsp3) is 0.158. The van der Waals surface area contributed by atoms with E-state index < -0.39 is 41.2 Å². The Bertz CT molecular complexity index is 970. The second-order valence-electron chi connectivity index (χ2n) is 6.12. The van der Waals surface area contributed by atoms with E-state index in [1.54, 1.807) is 0 Å². The van der Waals surface area contributed by atoms with E-state index in [9.17, 15) is 27.2 Å². The monoisotopic (exact) mass is 393 g/mol. The number of hydrogen-bond donors (Lipinski definition) is 3. The van der Waals surface area contributed by atoms with E-state index in [1.807, 2.05) is 0 Å². The molecule has 1 aliphatic rings. The number of nitrogens with one attached hydrogen (secondary N) is 3. The molecule has 0 saturated heterocycles. The molecule has 2 aromatic rings. The molecule has 5 nitrogen and oxygen atoms in total. The molecule has 1 atom stereocenters. The first-order chi connectivity index (χ1) is 13.2. The molecule has 28 heavy (non-hydrogen) atoms. The van der Waals surface area contributed by atoms with Crippen LogP contribution in [0.3, 0.4) is 0 Å². The zero-order valence-corrected chi connectivity index (χ0v) is 14.5. The van der Waals surface area contributed by atoms with Gasteiger partial charge in [-0.2, -0.15) is 13.2 Å². The Kier molecular flexibility index (Phi) is 5.08. The van der Waals surface area contributed by atoms with Crippen LogP contribution in [-0.2, 0) is 11.0 Å². The average molecular weight is 393 g/mol. The number of allylic oxidation sites excluding steroid dienone is 1. The van der Waals surface area contributed by atoms with Crippen molar-refractivity contribution in [1.29, 1.82) is 0 Å². The van der Waals surface area contributed by atoms with Gasteiger partial charge in [-0.15, -0.1) is 0 Å². The zero-order chi connectivity index (χ0) is 20.5. The van der Waals surface area contributed by atoms with Gasteiger partial charge in [0, 0.05) is 5.70 Å². The Morgan fingerprint density at radius 1 is 1.11 bits per heavy atom. The largest absolute Gasteiger partial charge is 0.418 e. The number of halogens is 4. The fourth-order valence-electron chi connectivity index (χ4n) is 2.96. The molecule has 2 aromatic carbocycles. The van der Waals surface area contributed by atoms with Crippen molar-refractivity contribution in [2.75, 3.05) is 5.32 Å². The second-order valence-corrected chi connectivity index (χ2v) is 6.12. The maximum Gasteiger partial charge on any atom is 0.418 e. The molecule has 0 fully saturated rings. The topological polar surface area (TPSA) is 70.2 Å². The van der Waals surface area contributed by atoms with Crippen molar-refractivity contribution in [1.82, 2.24) is 10.6 Å². The van der Waals surface area contributed by atoms with E-state index in [2.05, 4.69) is 16.0 Å². The summed E-state index contributed by atoms with van der Waals surface area (Å²) in [6, 6.07) is 8.15. The van der Waals surface area contributed by atoms with E-state index in [0.29, 0.717) is 0 Å². The third-order valence-corrected chi connectivity index (χ3v) is 4.18. The van der Waals surface area contributed by atoms with Gasteiger partial charge in [0.05, 0.1) is 22.9 Å². The summed E-state index contributed by atoms with van der Waals surface area (Å²) in [6.07, 6.45) is -4.66. The van der Waals surface area contributed by atoms with Gasteiger partial charge >= 0.3 is 12.2 Å². The van der Waals surface area contributed by atoms with Gasteiger partial charge in [-0.05, 0) is 36.8 Å². The van der Waals surface area contributed by atoms with Crippen LogP contribution in [0.2, 0.25) is 0 Å². The number of carbonyl (C=O) groups excluding carboxylic acids is 2. The van der Waals surface area contributed by atoms with E-state index >= 15 is 0 Å². The van der Waals surface area contributed by atoms with Crippen molar-refractivity contribution < 1.29 is 27.2 Å². The minimum absolute atomic E-state index is 0.0258. The van der Waals surface area contributed by atoms with Crippen molar-refractivity contribution in [3.8, 4) is 0 Å². The number of hydrogen-bond acceptors (Lipinski definition) is 2. The molecule has 9 heteroatoms. The van der Waals surface area contributed by atoms with Crippen LogP contribution in [0.25, 0.3) is 0 Å². The van der Waals surface area contributed by atoms with E-state index in [-0.39, 0.29) is 16.8 Å². The summed E-state index contributed by atoms with van der Waals surface area (Å²) in [5.41, 5.74) is -1.02.